The third-order valence-corrected chi connectivity index (χ3v) is 7.92. The van der Waals surface area contributed by atoms with Crippen molar-refractivity contribution in [1.29, 1.82) is 0 Å². The minimum Gasteiger partial charge on any atom is -0.351 e. The zero-order chi connectivity index (χ0) is 23.0. The largest absolute Gasteiger partial charge is 0.351 e. The van der Waals surface area contributed by atoms with Gasteiger partial charge in [-0.2, -0.15) is 5.10 Å². The minimum absolute atomic E-state index is 0.0910. The summed E-state index contributed by atoms with van der Waals surface area (Å²) in [5.74, 6) is -0.244. The van der Waals surface area contributed by atoms with E-state index in [2.05, 4.69) is 36.5 Å². The fourth-order valence-corrected chi connectivity index (χ4v) is 5.59. The van der Waals surface area contributed by atoms with Gasteiger partial charge in [-0.25, -0.2) is 0 Å². The summed E-state index contributed by atoms with van der Waals surface area (Å²) >= 11 is 1.60. The summed E-state index contributed by atoms with van der Waals surface area (Å²) in [6, 6.07) is 14.3. The van der Waals surface area contributed by atoms with Crippen LogP contribution in [0.5, 0.6) is 0 Å². The molecule has 172 valence electrons. The molecule has 7 heteroatoms. The van der Waals surface area contributed by atoms with Crippen molar-refractivity contribution in [2.75, 3.05) is 0 Å². The van der Waals surface area contributed by atoms with Gasteiger partial charge in [0.15, 0.2) is 0 Å². The molecule has 1 aromatic carbocycles. The van der Waals surface area contributed by atoms with Crippen molar-refractivity contribution in [2.45, 2.75) is 70.6 Å². The van der Waals surface area contributed by atoms with Gasteiger partial charge in [0, 0.05) is 12.6 Å². The molecule has 1 saturated carbocycles. The second-order valence-corrected chi connectivity index (χ2v) is 10.3. The quantitative estimate of drug-likeness (QED) is 0.580. The molecule has 1 atom stereocenters. The normalized spacial score (nSPS) is 20.8. The van der Waals surface area contributed by atoms with Crippen molar-refractivity contribution in [2.24, 2.45) is 0 Å². The smallest absolute Gasteiger partial charge is 0.273 e. The van der Waals surface area contributed by atoms with Crippen LogP contribution in [0.25, 0.3) is 10.6 Å². The van der Waals surface area contributed by atoms with Gasteiger partial charge in [-0.1, -0.05) is 50.1 Å². The fraction of sp³-hybridized carbons (Fsp3) is 0.423. The summed E-state index contributed by atoms with van der Waals surface area (Å²) in [5.41, 5.74) is 2.57. The van der Waals surface area contributed by atoms with Crippen LogP contribution in [0, 0.1) is 0 Å². The first-order valence-electron chi connectivity index (χ1n) is 11.8. The molecule has 33 heavy (non-hydrogen) atoms. The maximum atomic E-state index is 13.8. The zero-order valence-electron chi connectivity index (χ0n) is 19.2. The summed E-state index contributed by atoms with van der Waals surface area (Å²) < 4.78 is 1.72. The summed E-state index contributed by atoms with van der Waals surface area (Å²) in [6.45, 7) is 4.73. The van der Waals surface area contributed by atoms with E-state index in [1.54, 1.807) is 20.9 Å². The van der Waals surface area contributed by atoms with Crippen LogP contribution in [0.4, 0.5) is 0 Å². The Balaban J connectivity index is 1.50. The number of fused-ring (bicyclic) bond motifs is 1. The highest BCUT2D eigenvalue weighted by Crippen LogP contribution is 2.33. The highest BCUT2D eigenvalue weighted by atomic mass is 32.1. The Hall–Kier alpha value is -2.93. The van der Waals surface area contributed by atoms with Gasteiger partial charge < -0.3 is 10.2 Å². The van der Waals surface area contributed by atoms with Crippen molar-refractivity contribution in [3.8, 4) is 10.6 Å². The first-order chi connectivity index (χ1) is 16.0. The van der Waals surface area contributed by atoms with E-state index in [1.807, 2.05) is 30.5 Å². The van der Waals surface area contributed by atoms with E-state index in [9.17, 15) is 9.59 Å². The number of carbonyl (C=O) groups is 2. The van der Waals surface area contributed by atoms with Gasteiger partial charge in [-0.15, -0.1) is 11.3 Å². The number of thiophene rings is 1. The van der Waals surface area contributed by atoms with Crippen LogP contribution in [0.15, 0.2) is 47.8 Å². The van der Waals surface area contributed by atoms with E-state index in [0.717, 1.165) is 48.2 Å². The summed E-state index contributed by atoms with van der Waals surface area (Å²) in [5, 5.41) is 9.95. The summed E-state index contributed by atoms with van der Waals surface area (Å²) in [7, 11) is 0. The molecule has 1 aliphatic heterocycles. The lowest BCUT2D eigenvalue weighted by atomic mass is 9.93. The third kappa shape index (κ3) is 4.10. The molecule has 2 aromatic heterocycles. The van der Waals surface area contributed by atoms with Crippen LogP contribution in [-0.4, -0.2) is 38.1 Å². The zero-order valence-corrected chi connectivity index (χ0v) is 20.0. The highest BCUT2D eigenvalue weighted by Gasteiger charge is 2.48. The number of hydrogen-bond acceptors (Lipinski definition) is 4. The van der Waals surface area contributed by atoms with Crippen LogP contribution in [-0.2, 0) is 24.3 Å². The van der Waals surface area contributed by atoms with Crippen LogP contribution in [0.3, 0.4) is 0 Å². The maximum Gasteiger partial charge on any atom is 0.273 e. The number of amides is 2. The SMILES string of the molecule is CCc1ccc(CN2C(=O)c3cc(-c4cccs4)nn3C[C@]2(C)C(=O)NC2CCCC2)cc1. The Morgan fingerprint density at radius 2 is 1.91 bits per heavy atom. The minimum atomic E-state index is -1.02. The molecule has 0 unspecified atom stereocenters. The molecular formula is C26H30N4O2S. The van der Waals surface area contributed by atoms with Crippen molar-refractivity contribution in [3.63, 3.8) is 0 Å². The van der Waals surface area contributed by atoms with Gasteiger partial charge in [-0.3, -0.25) is 14.3 Å². The molecule has 3 aromatic rings. The van der Waals surface area contributed by atoms with Crippen LogP contribution >= 0.6 is 11.3 Å². The first kappa shape index (κ1) is 21.9. The predicted octanol–water partition coefficient (Wildman–Crippen LogP) is 4.65. The van der Waals surface area contributed by atoms with Crippen molar-refractivity contribution < 1.29 is 9.59 Å². The molecule has 1 N–H and O–H groups in total. The Morgan fingerprint density at radius 1 is 1.18 bits per heavy atom. The Bertz CT molecular complexity index is 1150. The second-order valence-electron chi connectivity index (χ2n) is 9.34. The van der Waals surface area contributed by atoms with Crippen molar-refractivity contribution in [1.82, 2.24) is 20.0 Å². The number of rotatable bonds is 6. The molecule has 0 bridgehead atoms. The molecule has 5 rings (SSSR count). The van der Waals surface area contributed by atoms with E-state index in [1.165, 1.54) is 5.56 Å². The number of hydrogen-bond donors (Lipinski definition) is 1. The first-order valence-corrected chi connectivity index (χ1v) is 12.7. The molecule has 3 heterocycles. The lowest BCUT2D eigenvalue weighted by Gasteiger charge is -2.43. The Morgan fingerprint density at radius 3 is 2.58 bits per heavy atom. The molecule has 1 fully saturated rings. The van der Waals surface area contributed by atoms with Gasteiger partial charge in [0.2, 0.25) is 5.91 Å². The third-order valence-electron chi connectivity index (χ3n) is 7.02. The molecule has 0 saturated heterocycles. The molecule has 6 nitrogen and oxygen atoms in total. The lowest BCUT2D eigenvalue weighted by Crippen LogP contribution is -2.64. The predicted molar refractivity (Wildman–Crippen MR) is 130 cm³/mol. The number of carbonyl (C=O) groups excluding carboxylic acids is 2. The Labute approximate surface area is 198 Å². The van der Waals surface area contributed by atoms with E-state index >= 15 is 0 Å². The van der Waals surface area contributed by atoms with Crippen molar-refractivity contribution in [3.05, 3.63) is 64.7 Å². The van der Waals surface area contributed by atoms with Gasteiger partial charge in [0.25, 0.3) is 5.91 Å². The van der Waals surface area contributed by atoms with E-state index in [4.69, 9.17) is 5.10 Å². The monoisotopic (exact) mass is 462 g/mol. The average Bonchev–Trinajstić information content (AvgIpc) is 3.58. The van der Waals surface area contributed by atoms with Gasteiger partial charge in [0.1, 0.15) is 16.9 Å². The molecule has 2 aliphatic rings. The summed E-state index contributed by atoms with van der Waals surface area (Å²) in [6.07, 6.45) is 5.26. The number of aryl methyl sites for hydroxylation is 1. The molecule has 1 aliphatic carbocycles. The van der Waals surface area contributed by atoms with E-state index in [0.29, 0.717) is 18.8 Å². The van der Waals surface area contributed by atoms with Crippen LogP contribution in [0.2, 0.25) is 0 Å². The molecule has 2 amide bonds. The van der Waals surface area contributed by atoms with Gasteiger partial charge >= 0.3 is 0 Å². The topological polar surface area (TPSA) is 67.2 Å². The summed E-state index contributed by atoms with van der Waals surface area (Å²) in [4.78, 5) is 30.2. The average molecular weight is 463 g/mol. The lowest BCUT2D eigenvalue weighted by molar-refractivity contribution is -0.134. The Kier molecular flexibility index (Phi) is 5.83. The molecule has 0 spiro atoms. The van der Waals surface area contributed by atoms with Crippen LogP contribution in [0.1, 0.15) is 61.1 Å². The standard InChI is InChI=1S/C26H30N4O2S/c1-3-18-10-12-19(13-11-18)16-29-24(31)22-15-21(23-9-6-14-33-23)28-30(22)17-26(29,2)25(32)27-20-7-4-5-8-20/h6,9-15,20H,3-5,7-8,16-17H2,1-2H3,(H,27,32)/t26-/m1/s1. The van der Waals surface area contributed by atoms with Crippen molar-refractivity contribution >= 4 is 23.2 Å². The van der Waals surface area contributed by atoms with Crippen LogP contribution < -0.4 is 5.32 Å². The molecule has 0 radical (unpaired) electrons. The number of benzene rings is 1. The highest BCUT2D eigenvalue weighted by molar-refractivity contribution is 7.13. The molecular weight excluding hydrogens is 432 g/mol. The van der Waals surface area contributed by atoms with Gasteiger partial charge in [-0.05, 0) is 54.8 Å². The second kappa shape index (κ2) is 8.78. The van der Waals surface area contributed by atoms with E-state index < -0.39 is 5.54 Å². The maximum absolute atomic E-state index is 13.8. The number of nitrogens with one attached hydrogen (secondary N) is 1. The van der Waals surface area contributed by atoms with E-state index in [-0.39, 0.29) is 17.9 Å². The fourth-order valence-electron chi connectivity index (χ4n) is 4.91. The number of aromatic nitrogens is 2. The number of nitrogens with zero attached hydrogens (tertiary/aromatic N) is 3. The van der Waals surface area contributed by atoms with Gasteiger partial charge in [0.05, 0.1) is 11.4 Å².